The van der Waals surface area contributed by atoms with Gasteiger partial charge in [0.2, 0.25) is 0 Å². The molecule has 2 aromatic rings. The van der Waals surface area contributed by atoms with Crippen molar-refractivity contribution in [1.29, 1.82) is 0 Å². The van der Waals surface area contributed by atoms with E-state index in [2.05, 4.69) is 5.32 Å². The number of halogens is 1. The van der Waals surface area contributed by atoms with Crippen molar-refractivity contribution < 1.29 is 14.3 Å². The largest absolute Gasteiger partial charge is 0.467 e. The Morgan fingerprint density at radius 2 is 1.75 bits per heavy atom. The maximum atomic E-state index is 12.3. The van der Waals surface area contributed by atoms with Crippen LogP contribution in [0, 0.1) is 13.8 Å². The van der Waals surface area contributed by atoms with E-state index < -0.39 is 12.0 Å². The SMILES string of the molecule is COC(=O)[C@H](Cc1ccc(C)c(C)c1)NC(=O)c1ccc(Cl)cc1. The molecule has 1 N–H and O–H groups in total. The van der Waals surface area contributed by atoms with E-state index in [1.54, 1.807) is 24.3 Å². The quantitative estimate of drug-likeness (QED) is 0.844. The lowest BCUT2D eigenvalue weighted by molar-refractivity contribution is -0.142. The summed E-state index contributed by atoms with van der Waals surface area (Å²) >= 11 is 5.82. The maximum absolute atomic E-state index is 12.3. The minimum Gasteiger partial charge on any atom is -0.467 e. The molecule has 0 heterocycles. The topological polar surface area (TPSA) is 55.4 Å². The third-order valence-electron chi connectivity index (χ3n) is 3.91. The van der Waals surface area contributed by atoms with E-state index in [9.17, 15) is 9.59 Å². The summed E-state index contributed by atoms with van der Waals surface area (Å²) in [5.41, 5.74) is 3.72. The van der Waals surface area contributed by atoms with E-state index in [0.717, 1.165) is 11.1 Å². The molecule has 0 fully saturated rings. The van der Waals surface area contributed by atoms with Crippen molar-refractivity contribution in [2.75, 3.05) is 7.11 Å². The minimum atomic E-state index is -0.750. The third-order valence-corrected chi connectivity index (χ3v) is 4.16. The number of aryl methyl sites for hydroxylation is 2. The van der Waals surface area contributed by atoms with Gasteiger partial charge in [0.15, 0.2) is 0 Å². The van der Waals surface area contributed by atoms with E-state index >= 15 is 0 Å². The first-order chi connectivity index (χ1) is 11.4. The zero-order valence-electron chi connectivity index (χ0n) is 13.9. The summed E-state index contributed by atoms with van der Waals surface area (Å²) in [7, 11) is 1.31. The number of methoxy groups -OCH3 is 1. The van der Waals surface area contributed by atoms with Crippen LogP contribution in [0.25, 0.3) is 0 Å². The number of benzene rings is 2. The minimum absolute atomic E-state index is 0.342. The Hall–Kier alpha value is -2.33. The fourth-order valence-electron chi connectivity index (χ4n) is 2.34. The number of ether oxygens (including phenoxy) is 1. The molecular weight excluding hydrogens is 326 g/mol. The number of nitrogens with one attached hydrogen (secondary N) is 1. The Bertz CT molecular complexity index is 741. The average Bonchev–Trinajstić information content (AvgIpc) is 2.57. The molecule has 0 saturated carbocycles. The van der Waals surface area contributed by atoms with Gasteiger partial charge in [-0.05, 0) is 54.8 Å². The van der Waals surface area contributed by atoms with Crippen molar-refractivity contribution in [1.82, 2.24) is 5.32 Å². The second kappa shape index (κ2) is 7.97. The molecule has 0 aromatic heterocycles. The first-order valence-electron chi connectivity index (χ1n) is 7.61. The molecule has 0 bridgehead atoms. The molecule has 24 heavy (non-hydrogen) atoms. The van der Waals surface area contributed by atoms with Crippen LogP contribution >= 0.6 is 11.6 Å². The van der Waals surface area contributed by atoms with Crippen LogP contribution in [0.1, 0.15) is 27.0 Å². The summed E-state index contributed by atoms with van der Waals surface area (Å²) in [6, 6.07) is 11.7. The van der Waals surface area contributed by atoms with Gasteiger partial charge in [-0.25, -0.2) is 4.79 Å². The van der Waals surface area contributed by atoms with Gasteiger partial charge in [0.25, 0.3) is 5.91 Å². The number of esters is 1. The lowest BCUT2D eigenvalue weighted by atomic mass is 10.0. The Morgan fingerprint density at radius 3 is 2.33 bits per heavy atom. The van der Waals surface area contributed by atoms with E-state index in [1.165, 1.54) is 12.7 Å². The second-order valence-electron chi connectivity index (χ2n) is 5.68. The lowest BCUT2D eigenvalue weighted by Crippen LogP contribution is -2.43. The highest BCUT2D eigenvalue weighted by molar-refractivity contribution is 6.30. The number of amides is 1. The monoisotopic (exact) mass is 345 g/mol. The molecule has 5 heteroatoms. The Labute approximate surface area is 146 Å². The van der Waals surface area contributed by atoms with Crippen LogP contribution in [-0.2, 0) is 16.0 Å². The number of carbonyl (C=O) groups is 2. The lowest BCUT2D eigenvalue weighted by Gasteiger charge is -2.17. The zero-order chi connectivity index (χ0) is 17.7. The molecule has 0 aliphatic rings. The van der Waals surface area contributed by atoms with Gasteiger partial charge in [0, 0.05) is 17.0 Å². The van der Waals surface area contributed by atoms with Crippen molar-refractivity contribution in [3.63, 3.8) is 0 Å². The van der Waals surface area contributed by atoms with Gasteiger partial charge in [-0.3, -0.25) is 4.79 Å². The molecule has 0 saturated heterocycles. The van der Waals surface area contributed by atoms with Crippen LogP contribution in [0.15, 0.2) is 42.5 Å². The summed E-state index contributed by atoms with van der Waals surface area (Å²) in [6.45, 7) is 4.04. The predicted octanol–water partition coefficient (Wildman–Crippen LogP) is 3.47. The molecule has 2 rings (SSSR count). The molecule has 0 unspecified atom stereocenters. The Morgan fingerprint density at radius 1 is 1.08 bits per heavy atom. The van der Waals surface area contributed by atoms with Crippen molar-refractivity contribution in [3.8, 4) is 0 Å². The van der Waals surface area contributed by atoms with Crippen molar-refractivity contribution in [3.05, 3.63) is 69.7 Å². The Balaban J connectivity index is 2.16. The molecule has 2 aromatic carbocycles. The number of hydrogen-bond acceptors (Lipinski definition) is 3. The Kier molecular flexibility index (Phi) is 5.99. The van der Waals surface area contributed by atoms with Crippen LogP contribution in [0.3, 0.4) is 0 Å². The van der Waals surface area contributed by atoms with E-state index in [1.807, 2.05) is 32.0 Å². The van der Waals surface area contributed by atoms with E-state index in [-0.39, 0.29) is 5.91 Å². The van der Waals surface area contributed by atoms with Crippen LogP contribution in [0.2, 0.25) is 5.02 Å². The summed E-state index contributed by atoms with van der Waals surface area (Å²) < 4.78 is 4.82. The van der Waals surface area contributed by atoms with Gasteiger partial charge in [0.05, 0.1) is 7.11 Å². The molecule has 0 aliphatic heterocycles. The normalized spacial score (nSPS) is 11.7. The van der Waals surface area contributed by atoms with Crippen molar-refractivity contribution >= 4 is 23.5 Å². The molecule has 4 nitrogen and oxygen atoms in total. The van der Waals surface area contributed by atoms with E-state index in [0.29, 0.717) is 17.0 Å². The van der Waals surface area contributed by atoms with Gasteiger partial charge in [-0.1, -0.05) is 29.8 Å². The molecule has 126 valence electrons. The average molecular weight is 346 g/mol. The first kappa shape index (κ1) is 18.0. The summed E-state index contributed by atoms with van der Waals surface area (Å²) in [6.07, 6.45) is 0.368. The molecule has 0 aliphatic carbocycles. The van der Waals surface area contributed by atoms with Gasteiger partial charge >= 0.3 is 5.97 Å². The fourth-order valence-corrected chi connectivity index (χ4v) is 2.47. The van der Waals surface area contributed by atoms with Crippen LogP contribution in [-0.4, -0.2) is 25.0 Å². The van der Waals surface area contributed by atoms with Crippen molar-refractivity contribution in [2.24, 2.45) is 0 Å². The summed E-state index contributed by atoms with van der Waals surface area (Å²) in [5, 5.41) is 3.28. The first-order valence-corrected chi connectivity index (χ1v) is 7.99. The fraction of sp³-hybridized carbons (Fsp3) is 0.263. The molecule has 0 spiro atoms. The summed E-state index contributed by atoms with van der Waals surface area (Å²) in [4.78, 5) is 24.4. The van der Waals surface area contributed by atoms with Gasteiger partial charge < -0.3 is 10.1 Å². The molecule has 1 amide bonds. The molecular formula is C19H20ClNO3. The second-order valence-corrected chi connectivity index (χ2v) is 6.12. The smallest absolute Gasteiger partial charge is 0.328 e. The summed E-state index contributed by atoms with van der Waals surface area (Å²) in [5.74, 6) is -0.818. The zero-order valence-corrected chi connectivity index (χ0v) is 14.7. The van der Waals surface area contributed by atoms with Crippen LogP contribution < -0.4 is 5.32 Å². The van der Waals surface area contributed by atoms with Gasteiger partial charge in [-0.2, -0.15) is 0 Å². The highest BCUT2D eigenvalue weighted by atomic mass is 35.5. The standard InChI is InChI=1S/C19H20ClNO3/c1-12-4-5-14(10-13(12)2)11-17(19(23)24-3)21-18(22)15-6-8-16(20)9-7-15/h4-10,17H,11H2,1-3H3,(H,21,22)/t17-/m0/s1. The van der Waals surface area contributed by atoms with Crippen LogP contribution in [0.4, 0.5) is 0 Å². The highest BCUT2D eigenvalue weighted by Crippen LogP contribution is 2.13. The van der Waals surface area contributed by atoms with E-state index in [4.69, 9.17) is 16.3 Å². The predicted molar refractivity (Wildman–Crippen MR) is 94.3 cm³/mol. The van der Waals surface area contributed by atoms with Gasteiger partial charge in [0.1, 0.15) is 6.04 Å². The van der Waals surface area contributed by atoms with Crippen LogP contribution in [0.5, 0.6) is 0 Å². The highest BCUT2D eigenvalue weighted by Gasteiger charge is 2.22. The molecule has 0 radical (unpaired) electrons. The number of rotatable bonds is 5. The molecule has 1 atom stereocenters. The number of hydrogen-bond donors (Lipinski definition) is 1. The maximum Gasteiger partial charge on any atom is 0.328 e. The van der Waals surface area contributed by atoms with Crippen molar-refractivity contribution in [2.45, 2.75) is 26.3 Å². The number of carbonyl (C=O) groups excluding carboxylic acids is 2. The van der Waals surface area contributed by atoms with Gasteiger partial charge in [-0.15, -0.1) is 0 Å². The third kappa shape index (κ3) is 4.59.